The fraction of sp³-hybridized carbons (Fsp3) is 0.143. The maximum absolute atomic E-state index is 13.7. The van der Waals surface area contributed by atoms with Crippen LogP contribution in [0.4, 0.5) is 17.6 Å². The molecule has 0 radical (unpaired) electrons. The predicted octanol–water partition coefficient (Wildman–Crippen LogP) is 4.88. The first kappa shape index (κ1) is 13.9. The Balaban J connectivity index is 2.52. The average Bonchev–Trinajstić information content (AvgIpc) is 2.36. The van der Waals surface area contributed by atoms with E-state index in [0.717, 1.165) is 18.2 Å². The molecular weight excluding hydrogens is 280 g/mol. The molecule has 0 saturated carbocycles. The van der Waals surface area contributed by atoms with Crippen molar-refractivity contribution in [3.8, 4) is 0 Å². The predicted molar refractivity (Wildman–Crippen MR) is 65.1 cm³/mol. The fourth-order valence-corrected chi connectivity index (χ4v) is 2.08. The van der Waals surface area contributed by atoms with Crippen molar-refractivity contribution in [2.24, 2.45) is 0 Å². The molecule has 0 aliphatic heterocycles. The number of benzene rings is 2. The van der Waals surface area contributed by atoms with Gasteiger partial charge in [0.2, 0.25) is 0 Å². The third-order valence-electron chi connectivity index (χ3n) is 2.78. The Hall–Kier alpha value is -1.55. The lowest BCUT2D eigenvalue weighted by Crippen LogP contribution is -2.02. The summed E-state index contributed by atoms with van der Waals surface area (Å²) in [6.07, 6.45) is 0. The Labute approximate surface area is 112 Å². The van der Waals surface area contributed by atoms with Crippen molar-refractivity contribution in [3.63, 3.8) is 0 Å². The van der Waals surface area contributed by atoms with E-state index in [4.69, 9.17) is 11.6 Å². The molecule has 0 aliphatic rings. The smallest absolute Gasteiger partial charge is 0.131 e. The minimum absolute atomic E-state index is 0.0925. The van der Waals surface area contributed by atoms with Gasteiger partial charge >= 0.3 is 0 Å². The topological polar surface area (TPSA) is 0 Å². The van der Waals surface area contributed by atoms with E-state index in [-0.39, 0.29) is 16.7 Å². The summed E-state index contributed by atoms with van der Waals surface area (Å²) in [5.74, 6) is -3.04. The lowest BCUT2D eigenvalue weighted by atomic mass is 10.0. The Kier molecular flexibility index (Phi) is 3.80. The molecule has 2 aromatic rings. The molecule has 0 nitrogen and oxygen atoms in total. The van der Waals surface area contributed by atoms with Crippen LogP contribution < -0.4 is 0 Å². The quantitative estimate of drug-likeness (QED) is 0.546. The Morgan fingerprint density at radius 3 is 2.16 bits per heavy atom. The second-order valence-electron chi connectivity index (χ2n) is 4.15. The van der Waals surface area contributed by atoms with Gasteiger partial charge in [0.15, 0.2) is 0 Å². The van der Waals surface area contributed by atoms with Crippen molar-refractivity contribution < 1.29 is 17.6 Å². The van der Waals surface area contributed by atoms with Crippen molar-refractivity contribution in [1.82, 2.24) is 0 Å². The zero-order chi connectivity index (χ0) is 14.2. The van der Waals surface area contributed by atoms with Crippen LogP contribution in [0, 0.1) is 30.2 Å². The number of hydrogen-bond donors (Lipinski definition) is 0. The average molecular weight is 289 g/mol. The molecule has 0 heterocycles. The van der Waals surface area contributed by atoms with Crippen LogP contribution in [0.25, 0.3) is 0 Å². The van der Waals surface area contributed by atoms with Crippen molar-refractivity contribution in [2.75, 3.05) is 0 Å². The minimum atomic E-state index is -1.23. The van der Waals surface area contributed by atoms with Crippen LogP contribution in [0.1, 0.15) is 22.1 Å². The van der Waals surface area contributed by atoms with E-state index in [2.05, 4.69) is 0 Å². The summed E-state index contributed by atoms with van der Waals surface area (Å²) in [6.45, 7) is 1.43. The van der Waals surface area contributed by atoms with E-state index < -0.39 is 28.6 Å². The molecule has 0 saturated heterocycles. The van der Waals surface area contributed by atoms with E-state index in [9.17, 15) is 17.6 Å². The van der Waals surface area contributed by atoms with Gasteiger partial charge in [0.05, 0.1) is 5.38 Å². The molecule has 2 rings (SSSR count). The van der Waals surface area contributed by atoms with Gasteiger partial charge in [0.1, 0.15) is 23.3 Å². The highest BCUT2D eigenvalue weighted by molar-refractivity contribution is 6.22. The zero-order valence-electron chi connectivity index (χ0n) is 9.85. The van der Waals surface area contributed by atoms with E-state index >= 15 is 0 Å². The van der Waals surface area contributed by atoms with Gasteiger partial charge in [0.25, 0.3) is 0 Å². The van der Waals surface area contributed by atoms with Gasteiger partial charge in [-0.2, -0.15) is 0 Å². The second kappa shape index (κ2) is 5.21. The first-order valence-electron chi connectivity index (χ1n) is 5.44. The summed E-state index contributed by atoms with van der Waals surface area (Å²) in [5.41, 5.74) is -0.101. The number of alkyl halides is 1. The first-order chi connectivity index (χ1) is 8.90. The molecule has 0 spiro atoms. The summed E-state index contributed by atoms with van der Waals surface area (Å²) in [4.78, 5) is 0. The lowest BCUT2D eigenvalue weighted by Gasteiger charge is -2.13. The monoisotopic (exact) mass is 288 g/mol. The molecule has 2 aromatic carbocycles. The molecule has 0 N–H and O–H groups in total. The van der Waals surface area contributed by atoms with Crippen LogP contribution in [0.3, 0.4) is 0 Å². The minimum Gasteiger partial charge on any atom is -0.207 e. The van der Waals surface area contributed by atoms with Gasteiger partial charge in [-0.1, -0.05) is 0 Å². The van der Waals surface area contributed by atoms with Gasteiger partial charge in [-0.15, -0.1) is 11.6 Å². The van der Waals surface area contributed by atoms with Crippen LogP contribution in [0.5, 0.6) is 0 Å². The van der Waals surface area contributed by atoms with Gasteiger partial charge < -0.3 is 0 Å². The van der Waals surface area contributed by atoms with E-state index in [1.54, 1.807) is 0 Å². The van der Waals surface area contributed by atoms with Crippen molar-refractivity contribution in [3.05, 3.63) is 70.3 Å². The normalized spacial score (nSPS) is 12.5. The number of aryl methyl sites for hydroxylation is 1. The Morgan fingerprint density at radius 1 is 0.842 bits per heavy atom. The molecule has 0 amide bonds. The number of rotatable bonds is 2. The molecule has 0 bridgehead atoms. The maximum Gasteiger partial charge on any atom is 0.131 e. The van der Waals surface area contributed by atoms with E-state index in [0.29, 0.717) is 6.07 Å². The SMILES string of the molecule is Cc1cc(C(Cl)c2cc(F)ccc2F)c(F)cc1F. The molecule has 19 heavy (non-hydrogen) atoms. The standard InChI is InChI=1S/C14H9ClF4/c1-7-4-9(13(19)6-12(7)18)14(15)10-5-8(16)2-3-11(10)17/h2-6,14H,1H3. The molecule has 1 atom stereocenters. The second-order valence-corrected chi connectivity index (χ2v) is 4.59. The van der Waals surface area contributed by atoms with E-state index in [1.807, 2.05) is 0 Å². The van der Waals surface area contributed by atoms with Gasteiger partial charge in [-0.3, -0.25) is 0 Å². The third kappa shape index (κ3) is 2.73. The van der Waals surface area contributed by atoms with Crippen LogP contribution in [0.2, 0.25) is 0 Å². The largest absolute Gasteiger partial charge is 0.207 e. The van der Waals surface area contributed by atoms with Crippen LogP contribution >= 0.6 is 11.6 Å². The van der Waals surface area contributed by atoms with E-state index in [1.165, 1.54) is 13.0 Å². The molecule has 0 aliphatic carbocycles. The summed E-state index contributed by atoms with van der Waals surface area (Å²) < 4.78 is 53.5. The van der Waals surface area contributed by atoms with Crippen LogP contribution in [-0.4, -0.2) is 0 Å². The van der Waals surface area contributed by atoms with Crippen LogP contribution in [0.15, 0.2) is 30.3 Å². The van der Waals surface area contributed by atoms with Gasteiger partial charge in [-0.05, 0) is 36.8 Å². The fourth-order valence-electron chi connectivity index (χ4n) is 1.75. The zero-order valence-corrected chi connectivity index (χ0v) is 10.6. The highest BCUT2D eigenvalue weighted by atomic mass is 35.5. The highest BCUT2D eigenvalue weighted by Gasteiger charge is 2.20. The summed E-state index contributed by atoms with van der Waals surface area (Å²) in [5, 5.41) is -1.23. The van der Waals surface area contributed by atoms with Gasteiger partial charge in [0, 0.05) is 17.2 Å². The number of halogens is 5. The molecule has 100 valence electrons. The van der Waals surface area contributed by atoms with Crippen molar-refractivity contribution in [1.29, 1.82) is 0 Å². The molecule has 0 fully saturated rings. The molecular formula is C14H9ClF4. The molecule has 5 heteroatoms. The van der Waals surface area contributed by atoms with Gasteiger partial charge in [-0.25, -0.2) is 17.6 Å². The Morgan fingerprint density at radius 2 is 1.47 bits per heavy atom. The number of hydrogen-bond acceptors (Lipinski definition) is 0. The third-order valence-corrected chi connectivity index (χ3v) is 3.25. The summed E-state index contributed by atoms with van der Waals surface area (Å²) >= 11 is 5.97. The first-order valence-corrected chi connectivity index (χ1v) is 5.88. The molecule has 0 aromatic heterocycles. The van der Waals surface area contributed by atoms with Crippen molar-refractivity contribution in [2.45, 2.75) is 12.3 Å². The summed E-state index contributed by atoms with van der Waals surface area (Å²) in [6, 6.07) is 4.61. The molecule has 1 unspecified atom stereocenters. The lowest BCUT2D eigenvalue weighted by molar-refractivity contribution is 0.562. The van der Waals surface area contributed by atoms with Crippen LogP contribution in [-0.2, 0) is 0 Å². The summed E-state index contributed by atoms with van der Waals surface area (Å²) in [7, 11) is 0. The maximum atomic E-state index is 13.7. The van der Waals surface area contributed by atoms with Crippen molar-refractivity contribution >= 4 is 11.6 Å². The Bertz CT molecular complexity index is 625. The highest BCUT2D eigenvalue weighted by Crippen LogP contribution is 2.33.